The number of rotatable bonds is 4. The fourth-order valence-electron chi connectivity index (χ4n) is 0.978. The minimum absolute atomic E-state index is 0.150. The standard InChI is InChI=1S/C9H15N3O2/c1-7(2)12-9(13)10-4-3-8-5-14-6-11-8/h5-7H,3-4H2,1-2H3,(H2,10,12,13). The number of urea groups is 1. The van der Waals surface area contributed by atoms with Crippen molar-refractivity contribution in [2.45, 2.75) is 26.3 Å². The number of aromatic nitrogens is 1. The van der Waals surface area contributed by atoms with Gasteiger partial charge in [0.1, 0.15) is 6.26 Å². The van der Waals surface area contributed by atoms with E-state index in [1.54, 1.807) is 6.26 Å². The van der Waals surface area contributed by atoms with E-state index in [0.29, 0.717) is 13.0 Å². The van der Waals surface area contributed by atoms with Crippen LogP contribution in [0.25, 0.3) is 0 Å². The second kappa shape index (κ2) is 5.26. The van der Waals surface area contributed by atoms with E-state index in [0.717, 1.165) is 5.69 Å². The van der Waals surface area contributed by atoms with E-state index in [1.165, 1.54) is 6.39 Å². The number of carbonyl (C=O) groups excluding carboxylic acids is 1. The summed E-state index contributed by atoms with van der Waals surface area (Å²) in [4.78, 5) is 15.1. The van der Waals surface area contributed by atoms with E-state index in [4.69, 9.17) is 4.42 Å². The summed E-state index contributed by atoms with van der Waals surface area (Å²) in [5.41, 5.74) is 0.842. The molecular weight excluding hydrogens is 182 g/mol. The van der Waals surface area contributed by atoms with Gasteiger partial charge in [-0.3, -0.25) is 0 Å². The van der Waals surface area contributed by atoms with Crippen molar-refractivity contribution >= 4 is 6.03 Å². The maximum atomic E-state index is 11.1. The molecule has 0 unspecified atom stereocenters. The Morgan fingerprint density at radius 2 is 2.43 bits per heavy atom. The zero-order chi connectivity index (χ0) is 10.4. The number of nitrogens with one attached hydrogen (secondary N) is 2. The van der Waals surface area contributed by atoms with Crippen LogP contribution in [0.2, 0.25) is 0 Å². The lowest BCUT2D eigenvalue weighted by atomic mass is 10.3. The molecule has 0 atom stereocenters. The topological polar surface area (TPSA) is 67.2 Å². The first-order valence-corrected chi connectivity index (χ1v) is 4.60. The Bertz CT molecular complexity index is 270. The van der Waals surface area contributed by atoms with Gasteiger partial charge in [-0.1, -0.05) is 0 Å². The number of oxazole rings is 1. The molecule has 1 aromatic rings. The summed E-state index contributed by atoms with van der Waals surface area (Å²) >= 11 is 0. The molecule has 0 aliphatic heterocycles. The van der Waals surface area contributed by atoms with Crippen molar-refractivity contribution in [3.05, 3.63) is 18.4 Å². The molecule has 78 valence electrons. The maximum Gasteiger partial charge on any atom is 0.314 e. The highest BCUT2D eigenvalue weighted by Gasteiger charge is 2.01. The highest BCUT2D eigenvalue weighted by molar-refractivity contribution is 5.74. The van der Waals surface area contributed by atoms with E-state index in [-0.39, 0.29) is 12.1 Å². The Kier molecular flexibility index (Phi) is 3.97. The first-order valence-electron chi connectivity index (χ1n) is 4.60. The molecule has 5 nitrogen and oxygen atoms in total. The van der Waals surface area contributed by atoms with E-state index in [9.17, 15) is 4.79 Å². The van der Waals surface area contributed by atoms with Gasteiger partial charge in [0.2, 0.25) is 0 Å². The SMILES string of the molecule is CC(C)NC(=O)NCCc1cocn1. The Morgan fingerprint density at radius 3 is 3.00 bits per heavy atom. The Hall–Kier alpha value is -1.52. The van der Waals surface area contributed by atoms with Crippen molar-refractivity contribution in [3.8, 4) is 0 Å². The van der Waals surface area contributed by atoms with Gasteiger partial charge in [-0.15, -0.1) is 0 Å². The van der Waals surface area contributed by atoms with Crippen LogP contribution in [0.1, 0.15) is 19.5 Å². The van der Waals surface area contributed by atoms with E-state index in [2.05, 4.69) is 15.6 Å². The molecule has 14 heavy (non-hydrogen) atoms. The lowest BCUT2D eigenvalue weighted by Crippen LogP contribution is -2.40. The molecule has 5 heteroatoms. The first-order chi connectivity index (χ1) is 6.68. The number of hydrogen-bond donors (Lipinski definition) is 2. The van der Waals surface area contributed by atoms with Gasteiger partial charge in [0.15, 0.2) is 6.39 Å². The van der Waals surface area contributed by atoms with Crippen molar-refractivity contribution in [1.82, 2.24) is 15.6 Å². The lowest BCUT2D eigenvalue weighted by molar-refractivity contribution is 0.238. The van der Waals surface area contributed by atoms with Crippen molar-refractivity contribution < 1.29 is 9.21 Å². The highest BCUT2D eigenvalue weighted by atomic mass is 16.3. The van der Waals surface area contributed by atoms with E-state index < -0.39 is 0 Å². The van der Waals surface area contributed by atoms with Gasteiger partial charge >= 0.3 is 6.03 Å². The van der Waals surface area contributed by atoms with Gasteiger partial charge in [0.05, 0.1) is 5.69 Å². The molecule has 0 aromatic carbocycles. The summed E-state index contributed by atoms with van der Waals surface area (Å²) in [6.07, 6.45) is 3.63. The number of carbonyl (C=O) groups is 1. The van der Waals surface area contributed by atoms with Crippen LogP contribution in [-0.2, 0) is 6.42 Å². The Labute approximate surface area is 82.9 Å². The normalized spacial score (nSPS) is 10.2. The smallest absolute Gasteiger partial charge is 0.314 e. The van der Waals surface area contributed by atoms with Crippen molar-refractivity contribution in [2.24, 2.45) is 0 Å². The molecule has 0 saturated heterocycles. The number of nitrogens with zero attached hydrogens (tertiary/aromatic N) is 1. The molecular formula is C9H15N3O2. The van der Waals surface area contributed by atoms with Crippen molar-refractivity contribution in [1.29, 1.82) is 0 Å². The minimum atomic E-state index is -0.150. The van der Waals surface area contributed by atoms with Crippen LogP contribution >= 0.6 is 0 Å². The summed E-state index contributed by atoms with van der Waals surface area (Å²) < 4.78 is 4.80. The second-order valence-corrected chi connectivity index (χ2v) is 3.28. The van der Waals surface area contributed by atoms with Crippen LogP contribution in [0.5, 0.6) is 0 Å². The molecule has 0 bridgehead atoms. The van der Waals surface area contributed by atoms with E-state index in [1.807, 2.05) is 13.8 Å². The van der Waals surface area contributed by atoms with Crippen LogP contribution in [0.3, 0.4) is 0 Å². The van der Waals surface area contributed by atoms with Crippen LogP contribution in [0, 0.1) is 0 Å². The van der Waals surface area contributed by atoms with Gasteiger partial charge in [-0.25, -0.2) is 9.78 Å². The first kappa shape index (κ1) is 10.6. The molecule has 1 heterocycles. The van der Waals surface area contributed by atoms with Crippen LogP contribution in [0.4, 0.5) is 4.79 Å². The summed E-state index contributed by atoms with van der Waals surface area (Å²) in [5.74, 6) is 0. The van der Waals surface area contributed by atoms with Gasteiger partial charge in [0, 0.05) is 19.0 Å². The van der Waals surface area contributed by atoms with E-state index >= 15 is 0 Å². The average Bonchev–Trinajstić information content (AvgIpc) is 2.55. The van der Waals surface area contributed by atoms with Crippen LogP contribution < -0.4 is 10.6 Å². The summed E-state index contributed by atoms with van der Waals surface area (Å²) in [6.45, 7) is 4.39. The average molecular weight is 197 g/mol. The minimum Gasteiger partial charge on any atom is -0.451 e. The van der Waals surface area contributed by atoms with Crippen LogP contribution in [-0.4, -0.2) is 23.6 Å². The Morgan fingerprint density at radius 1 is 1.64 bits per heavy atom. The molecule has 1 aromatic heterocycles. The molecule has 0 aliphatic rings. The quantitative estimate of drug-likeness (QED) is 0.754. The third kappa shape index (κ3) is 3.93. The zero-order valence-corrected chi connectivity index (χ0v) is 8.41. The predicted molar refractivity (Wildman–Crippen MR) is 51.9 cm³/mol. The molecule has 0 radical (unpaired) electrons. The van der Waals surface area contributed by atoms with Crippen LogP contribution in [0.15, 0.2) is 17.1 Å². The Balaban J connectivity index is 2.12. The third-order valence-electron chi connectivity index (χ3n) is 1.57. The fraction of sp³-hybridized carbons (Fsp3) is 0.556. The summed E-state index contributed by atoms with van der Waals surface area (Å²) in [5, 5.41) is 5.45. The van der Waals surface area contributed by atoms with Crippen molar-refractivity contribution in [3.63, 3.8) is 0 Å². The molecule has 2 amide bonds. The third-order valence-corrected chi connectivity index (χ3v) is 1.57. The molecule has 0 fully saturated rings. The molecule has 2 N–H and O–H groups in total. The predicted octanol–water partition coefficient (Wildman–Crippen LogP) is 0.925. The molecule has 0 saturated carbocycles. The number of amides is 2. The largest absolute Gasteiger partial charge is 0.451 e. The monoisotopic (exact) mass is 197 g/mol. The summed E-state index contributed by atoms with van der Waals surface area (Å²) in [7, 11) is 0. The summed E-state index contributed by atoms with van der Waals surface area (Å²) in [6, 6.07) is 0.00513. The highest BCUT2D eigenvalue weighted by Crippen LogP contribution is 1.93. The van der Waals surface area contributed by atoms with Gasteiger partial charge in [-0.2, -0.15) is 0 Å². The van der Waals surface area contributed by atoms with Crippen molar-refractivity contribution in [2.75, 3.05) is 6.54 Å². The lowest BCUT2D eigenvalue weighted by Gasteiger charge is -2.08. The zero-order valence-electron chi connectivity index (χ0n) is 8.41. The van der Waals surface area contributed by atoms with Gasteiger partial charge in [0.25, 0.3) is 0 Å². The molecule has 0 spiro atoms. The second-order valence-electron chi connectivity index (χ2n) is 3.28. The molecule has 0 aliphatic carbocycles. The van der Waals surface area contributed by atoms with Gasteiger partial charge < -0.3 is 15.1 Å². The molecule has 1 rings (SSSR count). The maximum absolute atomic E-state index is 11.1. The fourth-order valence-corrected chi connectivity index (χ4v) is 0.978. The van der Waals surface area contributed by atoms with Gasteiger partial charge in [-0.05, 0) is 13.8 Å². The number of hydrogen-bond acceptors (Lipinski definition) is 3.